The molecule has 1 rings (SSSR count). The third kappa shape index (κ3) is 4.52. The Morgan fingerprint density at radius 1 is 1.00 bits per heavy atom. The molecule has 0 spiro atoms. The summed E-state index contributed by atoms with van der Waals surface area (Å²) in [4.78, 5) is 0. The van der Waals surface area contributed by atoms with Gasteiger partial charge in [-0.05, 0) is 12.8 Å². The molecule has 0 atom stereocenters. The molecule has 1 heteroatoms. The van der Waals surface area contributed by atoms with Gasteiger partial charge in [0.1, 0.15) is 5.60 Å². The van der Waals surface area contributed by atoms with Gasteiger partial charge in [0.05, 0.1) is 6.61 Å². The molecule has 0 aromatic heterocycles. The lowest BCUT2D eigenvalue weighted by Gasteiger charge is -2.37. The molecule has 0 aromatic carbocycles. The van der Waals surface area contributed by atoms with E-state index in [4.69, 9.17) is 4.74 Å². The lowest BCUT2D eigenvalue weighted by molar-refractivity contribution is -0.0776. The van der Waals surface area contributed by atoms with Crippen LogP contribution in [-0.4, -0.2) is 12.2 Å². The van der Waals surface area contributed by atoms with Crippen LogP contribution in [0, 0.1) is 0 Å². The van der Waals surface area contributed by atoms with Crippen LogP contribution in [0.5, 0.6) is 0 Å². The summed E-state index contributed by atoms with van der Waals surface area (Å²) in [6.45, 7) is 5.37. The Morgan fingerprint density at radius 2 is 1.50 bits per heavy atom. The van der Waals surface area contributed by atoms with Crippen molar-refractivity contribution < 1.29 is 4.74 Å². The number of hydrogen-bond donors (Lipinski definition) is 0. The lowest BCUT2D eigenvalue weighted by atomic mass is 9.92. The van der Waals surface area contributed by atoms with Gasteiger partial charge in [-0.1, -0.05) is 63.8 Å². The Labute approximate surface area is 101 Å². The van der Waals surface area contributed by atoms with E-state index in [1.165, 1.54) is 38.5 Å². The van der Waals surface area contributed by atoms with Gasteiger partial charge in [0.25, 0.3) is 0 Å². The summed E-state index contributed by atoms with van der Waals surface area (Å²) in [5.74, 6) is 0. The Balaban J connectivity index is 2.32. The summed E-state index contributed by atoms with van der Waals surface area (Å²) in [7, 11) is 0. The summed E-state index contributed by atoms with van der Waals surface area (Å²) >= 11 is 0. The largest absolute Gasteiger partial charge is 0.367 e. The maximum Gasteiger partial charge on any atom is 0.106 e. The van der Waals surface area contributed by atoms with Crippen LogP contribution in [0.4, 0.5) is 0 Å². The van der Waals surface area contributed by atoms with E-state index in [2.05, 4.69) is 38.2 Å². The van der Waals surface area contributed by atoms with Crippen LogP contribution in [0.15, 0.2) is 24.3 Å². The third-order valence-corrected chi connectivity index (χ3v) is 3.11. The van der Waals surface area contributed by atoms with Crippen LogP contribution in [-0.2, 0) is 4.74 Å². The van der Waals surface area contributed by atoms with E-state index in [0.29, 0.717) is 0 Å². The van der Waals surface area contributed by atoms with Gasteiger partial charge < -0.3 is 4.74 Å². The molecular weight excluding hydrogens is 196 g/mol. The number of unbranched alkanes of at least 4 members (excludes halogenated alkanes) is 4. The minimum absolute atomic E-state index is 0.0402. The fourth-order valence-electron chi connectivity index (χ4n) is 1.87. The van der Waals surface area contributed by atoms with Crippen LogP contribution in [0.25, 0.3) is 0 Å². The highest BCUT2D eigenvalue weighted by atomic mass is 16.5. The van der Waals surface area contributed by atoms with Crippen molar-refractivity contribution in [2.24, 2.45) is 0 Å². The molecule has 1 fully saturated rings. The molecular formula is C15H26O. The highest BCUT2D eigenvalue weighted by Gasteiger charge is 2.32. The third-order valence-electron chi connectivity index (χ3n) is 3.11. The normalized spacial score (nSPS) is 19.4. The first-order valence-electron chi connectivity index (χ1n) is 6.82. The molecule has 0 saturated carbocycles. The second kappa shape index (κ2) is 7.67. The second-order valence-corrected chi connectivity index (χ2v) is 4.64. The van der Waals surface area contributed by atoms with Crippen molar-refractivity contribution >= 4 is 0 Å². The van der Waals surface area contributed by atoms with Crippen molar-refractivity contribution in [3.63, 3.8) is 0 Å². The highest BCUT2D eigenvalue weighted by Crippen LogP contribution is 2.30. The Bertz CT molecular complexity index is 204. The summed E-state index contributed by atoms with van der Waals surface area (Å²) < 4.78 is 5.71. The van der Waals surface area contributed by atoms with Gasteiger partial charge in [0, 0.05) is 6.42 Å². The van der Waals surface area contributed by atoms with Crippen molar-refractivity contribution in [2.75, 3.05) is 6.61 Å². The molecule has 0 unspecified atom stereocenters. The van der Waals surface area contributed by atoms with Gasteiger partial charge in [-0.2, -0.15) is 0 Å². The van der Waals surface area contributed by atoms with E-state index in [1.807, 2.05) is 0 Å². The van der Waals surface area contributed by atoms with Gasteiger partial charge in [-0.3, -0.25) is 0 Å². The fraction of sp³-hybridized carbons (Fsp3) is 0.733. The molecule has 1 aliphatic heterocycles. The molecule has 0 N–H and O–H groups in total. The zero-order valence-corrected chi connectivity index (χ0v) is 10.9. The average Bonchev–Trinajstić information content (AvgIpc) is 2.25. The highest BCUT2D eigenvalue weighted by molar-refractivity contribution is 5.18. The molecule has 0 amide bonds. The minimum atomic E-state index is -0.0402. The smallest absolute Gasteiger partial charge is 0.106 e. The number of allylic oxidation sites excluding steroid dienone is 2. The monoisotopic (exact) mass is 222 g/mol. The summed E-state index contributed by atoms with van der Waals surface area (Å²) in [5.41, 5.74) is -0.0402. The van der Waals surface area contributed by atoms with Crippen LogP contribution in [0.1, 0.15) is 58.8 Å². The number of hydrogen-bond acceptors (Lipinski definition) is 1. The van der Waals surface area contributed by atoms with E-state index in [0.717, 1.165) is 13.0 Å². The lowest BCUT2D eigenvalue weighted by Crippen LogP contribution is -2.39. The van der Waals surface area contributed by atoms with Crippen LogP contribution in [0.3, 0.4) is 0 Å². The maximum atomic E-state index is 5.71. The maximum absolute atomic E-state index is 5.71. The van der Waals surface area contributed by atoms with Crippen LogP contribution in [0.2, 0.25) is 0 Å². The van der Waals surface area contributed by atoms with Crippen molar-refractivity contribution in [3.8, 4) is 0 Å². The van der Waals surface area contributed by atoms with Crippen molar-refractivity contribution in [3.05, 3.63) is 24.3 Å². The van der Waals surface area contributed by atoms with E-state index in [-0.39, 0.29) is 5.60 Å². The standard InChI is InChI=1S/C15H26O/c1-3-5-7-9-11-15(13-14-16-15)12-10-8-6-4-2/h9-12H,3-8,13-14H2,1-2H3/b11-9+,12-10+. The summed E-state index contributed by atoms with van der Waals surface area (Å²) in [6, 6.07) is 0. The fourth-order valence-corrected chi connectivity index (χ4v) is 1.87. The summed E-state index contributed by atoms with van der Waals surface area (Å²) in [5, 5.41) is 0. The Hall–Kier alpha value is -0.560. The predicted octanol–water partition coefficient (Wildman–Crippen LogP) is 4.64. The first-order valence-corrected chi connectivity index (χ1v) is 6.82. The summed E-state index contributed by atoms with van der Waals surface area (Å²) in [6.07, 6.45) is 17.7. The quantitative estimate of drug-likeness (QED) is 0.429. The van der Waals surface area contributed by atoms with E-state index in [1.54, 1.807) is 0 Å². The minimum Gasteiger partial charge on any atom is -0.367 e. The first-order chi connectivity index (χ1) is 7.83. The van der Waals surface area contributed by atoms with Crippen molar-refractivity contribution in [1.82, 2.24) is 0 Å². The Morgan fingerprint density at radius 3 is 1.81 bits per heavy atom. The zero-order valence-electron chi connectivity index (χ0n) is 10.9. The van der Waals surface area contributed by atoms with Gasteiger partial charge in [-0.25, -0.2) is 0 Å². The molecule has 0 aliphatic carbocycles. The molecule has 0 aromatic rings. The van der Waals surface area contributed by atoms with Gasteiger partial charge in [-0.15, -0.1) is 0 Å². The molecule has 1 nitrogen and oxygen atoms in total. The molecule has 16 heavy (non-hydrogen) atoms. The van der Waals surface area contributed by atoms with Gasteiger partial charge >= 0.3 is 0 Å². The number of rotatable bonds is 8. The van der Waals surface area contributed by atoms with E-state index in [9.17, 15) is 0 Å². The Kier molecular flexibility index (Phi) is 6.47. The molecule has 0 bridgehead atoms. The topological polar surface area (TPSA) is 9.23 Å². The average molecular weight is 222 g/mol. The SMILES string of the molecule is CCCC/C=C/C1(/C=C/CCCC)CCO1. The van der Waals surface area contributed by atoms with E-state index >= 15 is 0 Å². The predicted molar refractivity (Wildman–Crippen MR) is 70.6 cm³/mol. The zero-order chi connectivity index (χ0) is 11.7. The van der Waals surface area contributed by atoms with Crippen LogP contribution >= 0.6 is 0 Å². The molecule has 1 saturated heterocycles. The molecule has 1 aliphatic rings. The van der Waals surface area contributed by atoms with Gasteiger partial charge in [0.15, 0.2) is 0 Å². The molecule has 92 valence electrons. The van der Waals surface area contributed by atoms with Crippen molar-refractivity contribution in [2.45, 2.75) is 64.4 Å². The second-order valence-electron chi connectivity index (χ2n) is 4.64. The molecule has 0 radical (unpaired) electrons. The first kappa shape index (κ1) is 13.5. The molecule has 1 heterocycles. The van der Waals surface area contributed by atoms with E-state index < -0.39 is 0 Å². The van der Waals surface area contributed by atoms with Crippen molar-refractivity contribution in [1.29, 1.82) is 0 Å². The van der Waals surface area contributed by atoms with Crippen LogP contribution < -0.4 is 0 Å². The van der Waals surface area contributed by atoms with Gasteiger partial charge in [0.2, 0.25) is 0 Å². The number of ether oxygens (including phenoxy) is 1.